The fraction of sp³-hybridized carbons (Fsp3) is 1.00. The fourth-order valence-electron chi connectivity index (χ4n) is 1.26. The molecule has 1 rings (SSSR count). The van der Waals surface area contributed by atoms with Crippen LogP contribution in [0.1, 0.15) is 12.8 Å². The van der Waals surface area contributed by atoms with E-state index in [4.69, 9.17) is 10.5 Å². The van der Waals surface area contributed by atoms with Crippen LogP contribution in [-0.4, -0.2) is 31.0 Å². The molecule has 1 fully saturated rings. The zero-order chi connectivity index (χ0) is 7.40. The van der Waals surface area contributed by atoms with E-state index in [1.54, 1.807) is 0 Å². The molecule has 0 radical (unpaired) electrons. The molecule has 3 nitrogen and oxygen atoms in total. The van der Waals surface area contributed by atoms with Crippen LogP contribution >= 0.6 is 0 Å². The minimum absolute atomic E-state index is 0.277. The number of aliphatic hydroxyl groups is 1. The van der Waals surface area contributed by atoms with Crippen molar-refractivity contribution in [1.29, 1.82) is 0 Å². The number of hydrogen-bond donors (Lipinski definition) is 2. The molecular formula is C7H15NO2. The summed E-state index contributed by atoms with van der Waals surface area (Å²) in [4.78, 5) is 0. The molecule has 1 heterocycles. The molecule has 2 atom stereocenters. The second kappa shape index (κ2) is 3.91. The van der Waals surface area contributed by atoms with Crippen LogP contribution in [0.2, 0.25) is 0 Å². The van der Waals surface area contributed by atoms with E-state index in [1.165, 1.54) is 0 Å². The lowest BCUT2D eigenvalue weighted by molar-refractivity contribution is -0.00526. The van der Waals surface area contributed by atoms with Crippen molar-refractivity contribution >= 4 is 0 Å². The summed E-state index contributed by atoms with van der Waals surface area (Å²) in [6, 6.07) is 0. The van der Waals surface area contributed by atoms with E-state index in [0.717, 1.165) is 19.4 Å². The normalized spacial score (nSPS) is 30.0. The van der Waals surface area contributed by atoms with Gasteiger partial charge < -0.3 is 15.6 Å². The van der Waals surface area contributed by atoms with Crippen molar-refractivity contribution < 1.29 is 9.84 Å². The number of nitrogens with two attached hydrogens (primary N) is 1. The number of aliphatic hydroxyl groups excluding tert-OH is 1. The summed E-state index contributed by atoms with van der Waals surface area (Å²) >= 11 is 0. The van der Waals surface area contributed by atoms with Gasteiger partial charge in [0.2, 0.25) is 0 Å². The average Bonchev–Trinajstić information content (AvgIpc) is 2.05. The Morgan fingerprint density at radius 2 is 2.50 bits per heavy atom. The molecule has 60 valence electrons. The molecule has 3 heteroatoms. The number of rotatable bonds is 2. The Kier molecular flexibility index (Phi) is 3.12. The summed E-state index contributed by atoms with van der Waals surface area (Å²) in [6.45, 7) is 1.88. The van der Waals surface area contributed by atoms with Gasteiger partial charge in [-0.3, -0.25) is 0 Å². The summed E-state index contributed by atoms with van der Waals surface area (Å²) < 4.78 is 5.19. The van der Waals surface area contributed by atoms with Crippen LogP contribution in [0.5, 0.6) is 0 Å². The van der Waals surface area contributed by atoms with Crippen LogP contribution < -0.4 is 5.73 Å². The molecule has 1 aliphatic heterocycles. The lowest BCUT2D eigenvalue weighted by Gasteiger charge is -2.25. The largest absolute Gasteiger partial charge is 0.391 e. The molecular weight excluding hydrogens is 130 g/mol. The lowest BCUT2D eigenvalue weighted by atomic mass is 9.96. The zero-order valence-corrected chi connectivity index (χ0v) is 6.12. The first-order valence-electron chi connectivity index (χ1n) is 3.80. The van der Waals surface area contributed by atoms with E-state index < -0.39 is 0 Å². The highest BCUT2D eigenvalue weighted by atomic mass is 16.5. The van der Waals surface area contributed by atoms with Crippen molar-refractivity contribution in [3.05, 3.63) is 0 Å². The van der Waals surface area contributed by atoms with Gasteiger partial charge in [0.15, 0.2) is 0 Å². The zero-order valence-electron chi connectivity index (χ0n) is 6.12. The highest BCUT2D eigenvalue weighted by molar-refractivity contribution is 4.71. The number of hydrogen-bond acceptors (Lipinski definition) is 3. The molecule has 0 bridgehead atoms. The van der Waals surface area contributed by atoms with Crippen molar-refractivity contribution in [1.82, 2.24) is 0 Å². The minimum Gasteiger partial charge on any atom is -0.391 e. The summed E-state index contributed by atoms with van der Waals surface area (Å²) in [5, 5.41) is 9.28. The summed E-state index contributed by atoms with van der Waals surface area (Å²) in [6.07, 6.45) is 1.75. The Morgan fingerprint density at radius 3 is 3.00 bits per heavy atom. The standard InChI is InChI=1S/C7H15NO2/c8-4-7(9)6-2-1-3-10-5-6/h6-7,9H,1-5,8H2/t6?,7-/m1/s1. The van der Waals surface area contributed by atoms with Crippen LogP contribution in [0, 0.1) is 5.92 Å². The van der Waals surface area contributed by atoms with Crippen molar-refractivity contribution in [3.63, 3.8) is 0 Å². The molecule has 1 aliphatic rings. The van der Waals surface area contributed by atoms with Crippen molar-refractivity contribution in [2.45, 2.75) is 18.9 Å². The van der Waals surface area contributed by atoms with E-state index in [9.17, 15) is 5.11 Å². The van der Waals surface area contributed by atoms with Gasteiger partial charge in [-0.1, -0.05) is 0 Å². The summed E-state index contributed by atoms with van der Waals surface area (Å²) in [7, 11) is 0. The third-order valence-corrected chi connectivity index (χ3v) is 1.98. The second-order valence-electron chi connectivity index (χ2n) is 2.78. The van der Waals surface area contributed by atoms with E-state index in [2.05, 4.69) is 0 Å². The van der Waals surface area contributed by atoms with E-state index >= 15 is 0 Å². The second-order valence-corrected chi connectivity index (χ2v) is 2.78. The van der Waals surface area contributed by atoms with Crippen molar-refractivity contribution in [2.24, 2.45) is 11.7 Å². The van der Waals surface area contributed by atoms with Gasteiger partial charge in [0.25, 0.3) is 0 Å². The predicted octanol–water partition coefficient (Wildman–Crippen LogP) is -0.267. The first-order chi connectivity index (χ1) is 4.84. The maximum absolute atomic E-state index is 9.28. The van der Waals surface area contributed by atoms with Gasteiger partial charge in [0.1, 0.15) is 0 Å². The van der Waals surface area contributed by atoms with Crippen LogP contribution in [-0.2, 0) is 4.74 Å². The monoisotopic (exact) mass is 145 g/mol. The SMILES string of the molecule is NC[C@@H](O)C1CCCOC1. The Morgan fingerprint density at radius 1 is 1.70 bits per heavy atom. The van der Waals surface area contributed by atoms with Crippen LogP contribution in [0.25, 0.3) is 0 Å². The number of ether oxygens (including phenoxy) is 1. The Bertz CT molecular complexity index is 91.6. The molecule has 0 aromatic heterocycles. The van der Waals surface area contributed by atoms with Crippen molar-refractivity contribution in [3.8, 4) is 0 Å². The molecule has 0 saturated carbocycles. The third-order valence-electron chi connectivity index (χ3n) is 1.98. The molecule has 1 unspecified atom stereocenters. The van der Waals surface area contributed by atoms with Gasteiger partial charge in [0.05, 0.1) is 12.7 Å². The highest BCUT2D eigenvalue weighted by Crippen LogP contribution is 2.16. The third kappa shape index (κ3) is 1.94. The maximum Gasteiger partial charge on any atom is 0.0712 e. The molecule has 3 N–H and O–H groups in total. The smallest absolute Gasteiger partial charge is 0.0712 e. The van der Waals surface area contributed by atoms with Crippen LogP contribution in [0.4, 0.5) is 0 Å². The minimum atomic E-state index is -0.361. The van der Waals surface area contributed by atoms with Crippen LogP contribution in [0.3, 0.4) is 0 Å². The van der Waals surface area contributed by atoms with Gasteiger partial charge in [-0.25, -0.2) is 0 Å². The van der Waals surface area contributed by atoms with Gasteiger partial charge in [-0.2, -0.15) is 0 Å². The molecule has 0 amide bonds. The Balaban J connectivity index is 2.24. The van der Waals surface area contributed by atoms with Gasteiger partial charge >= 0.3 is 0 Å². The molecule has 10 heavy (non-hydrogen) atoms. The summed E-state index contributed by atoms with van der Waals surface area (Å²) in [5.41, 5.74) is 5.30. The fourth-order valence-corrected chi connectivity index (χ4v) is 1.26. The highest BCUT2D eigenvalue weighted by Gasteiger charge is 2.20. The van der Waals surface area contributed by atoms with E-state index in [-0.39, 0.29) is 12.0 Å². The van der Waals surface area contributed by atoms with Gasteiger partial charge in [-0.15, -0.1) is 0 Å². The molecule has 1 saturated heterocycles. The van der Waals surface area contributed by atoms with E-state index in [0.29, 0.717) is 13.2 Å². The van der Waals surface area contributed by atoms with Gasteiger partial charge in [0, 0.05) is 19.1 Å². The molecule has 0 aromatic rings. The van der Waals surface area contributed by atoms with E-state index in [1.807, 2.05) is 0 Å². The quantitative estimate of drug-likeness (QED) is 0.562. The van der Waals surface area contributed by atoms with Gasteiger partial charge in [-0.05, 0) is 12.8 Å². The van der Waals surface area contributed by atoms with Crippen LogP contribution in [0.15, 0.2) is 0 Å². The topological polar surface area (TPSA) is 55.5 Å². The summed E-state index contributed by atoms with van der Waals surface area (Å²) in [5.74, 6) is 0.277. The Labute approximate surface area is 61.2 Å². The Hall–Kier alpha value is -0.120. The molecule has 0 aliphatic carbocycles. The maximum atomic E-state index is 9.28. The average molecular weight is 145 g/mol. The predicted molar refractivity (Wildman–Crippen MR) is 38.6 cm³/mol. The lowest BCUT2D eigenvalue weighted by Crippen LogP contribution is -2.34. The first kappa shape index (κ1) is 7.98. The van der Waals surface area contributed by atoms with Crippen molar-refractivity contribution in [2.75, 3.05) is 19.8 Å². The first-order valence-corrected chi connectivity index (χ1v) is 3.80. The molecule has 0 spiro atoms. The molecule has 0 aromatic carbocycles.